The number of nitrogens with one attached hydrogen (secondary N) is 1. The summed E-state index contributed by atoms with van der Waals surface area (Å²) < 4.78 is 21.0. The van der Waals surface area contributed by atoms with Crippen LogP contribution in [0.15, 0.2) is 54.8 Å². The molecular weight excluding hydrogens is 346 g/mol. The van der Waals surface area contributed by atoms with Gasteiger partial charge in [-0.3, -0.25) is 0 Å². The molecule has 0 saturated carbocycles. The van der Waals surface area contributed by atoms with E-state index in [1.54, 1.807) is 0 Å². The van der Waals surface area contributed by atoms with Gasteiger partial charge in [0.25, 0.3) is 0 Å². The summed E-state index contributed by atoms with van der Waals surface area (Å²) in [5.41, 5.74) is 2.95. The molecule has 1 aliphatic rings. The van der Waals surface area contributed by atoms with Crippen molar-refractivity contribution in [2.24, 2.45) is 0 Å². The van der Waals surface area contributed by atoms with Crippen LogP contribution >= 0.6 is 0 Å². The summed E-state index contributed by atoms with van der Waals surface area (Å²) in [6.07, 6.45) is 1.72. The van der Waals surface area contributed by atoms with Crippen molar-refractivity contribution in [1.29, 1.82) is 0 Å². The van der Waals surface area contributed by atoms with Crippen LogP contribution in [-0.4, -0.2) is 39.4 Å². The van der Waals surface area contributed by atoms with Crippen LogP contribution < -0.4 is 10.1 Å². The number of epoxide rings is 1. The minimum atomic E-state index is -0.459. The zero-order valence-corrected chi connectivity index (χ0v) is 15.4. The molecule has 1 unspecified atom stereocenters. The van der Waals surface area contributed by atoms with Crippen LogP contribution in [0.1, 0.15) is 11.1 Å². The fourth-order valence-corrected chi connectivity index (χ4v) is 2.61. The molecule has 0 amide bonds. The highest BCUT2D eigenvalue weighted by Crippen LogP contribution is 2.23. The van der Waals surface area contributed by atoms with Crippen molar-refractivity contribution in [3.63, 3.8) is 0 Å². The maximum atomic E-state index is 12.1. The van der Waals surface area contributed by atoms with Gasteiger partial charge in [-0.1, -0.05) is 24.3 Å². The predicted molar refractivity (Wildman–Crippen MR) is 102 cm³/mol. The lowest BCUT2D eigenvalue weighted by molar-refractivity contribution is -0.133. The van der Waals surface area contributed by atoms with Gasteiger partial charge >= 0.3 is 5.97 Å². The molecule has 2 aromatic rings. The number of anilines is 1. The average Bonchev–Trinajstić information content (AvgIpc) is 3.54. The molecule has 1 fully saturated rings. The molecule has 1 aliphatic heterocycles. The minimum Gasteiger partial charge on any atom is -0.503 e. The van der Waals surface area contributed by atoms with Crippen LogP contribution in [0, 0.1) is 0 Å². The molecule has 6 nitrogen and oxygen atoms in total. The maximum Gasteiger partial charge on any atom is 0.341 e. The minimum absolute atomic E-state index is 0.316. The van der Waals surface area contributed by atoms with Gasteiger partial charge in [0.05, 0.1) is 33.2 Å². The first-order valence-corrected chi connectivity index (χ1v) is 8.69. The smallest absolute Gasteiger partial charge is 0.341 e. The Balaban J connectivity index is 1.67. The largest absolute Gasteiger partial charge is 0.503 e. The molecule has 0 spiro atoms. The second kappa shape index (κ2) is 9.09. The number of esters is 1. The van der Waals surface area contributed by atoms with E-state index < -0.39 is 5.97 Å². The lowest BCUT2D eigenvalue weighted by Gasteiger charge is -2.13. The highest BCUT2D eigenvalue weighted by Gasteiger charge is 2.21. The third-order valence-corrected chi connectivity index (χ3v) is 4.13. The first-order chi connectivity index (χ1) is 13.2. The Hall–Kier alpha value is -2.99. The van der Waals surface area contributed by atoms with Gasteiger partial charge in [0, 0.05) is 12.2 Å². The summed E-state index contributed by atoms with van der Waals surface area (Å²) in [6.45, 7) is 1.96. The van der Waals surface area contributed by atoms with Crippen molar-refractivity contribution in [2.45, 2.75) is 12.7 Å². The van der Waals surface area contributed by atoms with Gasteiger partial charge in [0.2, 0.25) is 0 Å². The first kappa shape index (κ1) is 18.8. The second-order valence-electron chi connectivity index (χ2n) is 6.07. The SMILES string of the molecule is CO/C=C(/C(=O)OC)c1ccccc1COc1ccc(NCC2CO2)cc1. The second-order valence-corrected chi connectivity index (χ2v) is 6.07. The van der Waals surface area contributed by atoms with E-state index in [2.05, 4.69) is 5.32 Å². The van der Waals surface area contributed by atoms with Crippen molar-refractivity contribution in [3.8, 4) is 5.75 Å². The predicted octanol–water partition coefficient (Wildman–Crippen LogP) is 3.24. The van der Waals surface area contributed by atoms with Crippen molar-refractivity contribution < 1.29 is 23.7 Å². The lowest BCUT2D eigenvalue weighted by Crippen LogP contribution is -2.08. The third-order valence-electron chi connectivity index (χ3n) is 4.13. The highest BCUT2D eigenvalue weighted by atomic mass is 16.6. The monoisotopic (exact) mass is 369 g/mol. The topological polar surface area (TPSA) is 69.3 Å². The molecule has 1 atom stereocenters. The van der Waals surface area contributed by atoms with Crippen molar-refractivity contribution >= 4 is 17.2 Å². The van der Waals surface area contributed by atoms with Crippen molar-refractivity contribution in [2.75, 3.05) is 32.7 Å². The molecule has 0 aliphatic carbocycles. The molecule has 3 rings (SSSR count). The number of hydrogen-bond acceptors (Lipinski definition) is 6. The van der Waals surface area contributed by atoms with Gasteiger partial charge in [-0.05, 0) is 35.4 Å². The fourth-order valence-electron chi connectivity index (χ4n) is 2.61. The van der Waals surface area contributed by atoms with E-state index in [-0.39, 0.29) is 0 Å². The number of methoxy groups -OCH3 is 2. The van der Waals surface area contributed by atoms with Gasteiger partial charge in [-0.25, -0.2) is 4.79 Å². The molecule has 0 aromatic heterocycles. The van der Waals surface area contributed by atoms with Gasteiger partial charge < -0.3 is 24.3 Å². The Labute approximate surface area is 158 Å². The van der Waals surface area contributed by atoms with E-state index in [1.165, 1.54) is 20.5 Å². The van der Waals surface area contributed by atoms with Gasteiger partial charge in [-0.15, -0.1) is 0 Å². The number of carbonyl (C=O) groups is 1. The summed E-state index contributed by atoms with van der Waals surface area (Å²) in [7, 11) is 2.84. The van der Waals surface area contributed by atoms with Gasteiger partial charge in [0.15, 0.2) is 0 Å². The normalized spacial score (nSPS) is 15.8. The van der Waals surface area contributed by atoms with E-state index in [9.17, 15) is 4.79 Å². The van der Waals surface area contributed by atoms with Crippen LogP contribution in [0.2, 0.25) is 0 Å². The molecule has 1 saturated heterocycles. The Morgan fingerprint density at radius 2 is 1.93 bits per heavy atom. The molecule has 1 N–H and O–H groups in total. The van der Waals surface area contributed by atoms with Crippen LogP contribution in [0.5, 0.6) is 5.75 Å². The number of benzene rings is 2. The maximum absolute atomic E-state index is 12.1. The van der Waals surface area contributed by atoms with E-state index in [1.807, 2.05) is 48.5 Å². The molecule has 2 aromatic carbocycles. The average molecular weight is 369 g/mol. The quantitative estimate of drug-likeness (QED) is 0.317. The number of rotatable bonds is 9. The lowest BCUT2D eigenvalue weighted by atomic mass is 10.0. The Morgan fingerprint density at radius 1 is 1.19 bits per heavy atom. The zero-order valence-electron chi connectivity index (χ0n) is 15.4. The highest BCUT2D eigenvalue weighted by molar-refractivity contribution is 6.16. The van der Waals surface area contributed by atoms with Gasteiger partial charge in [-0.2, -0.15) is 0 Å². The fraction of sp³-hybridized carbons (Fsp3) is 0.286. The summed E-state index contributed by atoms with van der Waals surface area (Å²) in [5.74, 6) is 0.285. The molecule has 0 radical (unpaired) electrons. The van der Waals surface area contributed by atoms with Crippen molar-refractivity contribution in [1.82, 2.24) is 0 Å². The summed E-state index contributed by atoms with van der Waals surface area (Å²) in [5, 5.41) is 3.31. The van der Waals surface area contributed by atoms with Crippen LogP contribution in [0.3, 0.4) is 0 Å². The zero-order chi connectivity index (χ0) is 19.1. The van der Waals surface area contributed by atoms with Crippen molar-refractivity contribution in [3.05, 3.63) is 65.9 Å². The van der Waals surface area contributed by atoms with E-state index in [0.29, 0.717) is 23.8 Å². The number of hydrogen-bond donors (Lipinski definition) is 1. The van der Waals surface area contributed by atoms with Crippen LogP contribution in [0.25, 0.3) is 5.57 Å². The van der Waals surface area contributed by atoms with Crippen LogP contribution in [0.4, 0.5) is 5.69 Å². The third kappa shape index (κ3) is 5.24. The summed E-state index contributed by atoms with van der Waals surface area (Å²) in [6, 6.07) is 15.3. The summed E-state index contributed by atoms with van der Waals surface area (Å²) in [4.78, 5) is 12.1. The summed E-state index contributed by atoms with van der Waals surface area (Å²) >= 11 is 0. The van der Waals surface area contributed by atoms with Crippen LogP contribution in [-0.2, 0) is 25.6 Å². The van der Waals surface area contributed by atoms with E-state index in [0.717, 1.165) is 30.2 Å². The molecule has 6 heteroatoms. The Bertz CT molecular complexity index is 796. The standard InChI is InChI=1S/C21H23NO5/c1-24-14-20(21(23)25-2)19-6-4-3-5-15(19)12-26-17-9-7-16(8-10-17)22-11-18-13-27-18/h3-10,14,18,22H,11-13H2,1-2H3/b20-14+. The number of ether oxygens (including phenoxy) is 4. The molecule has 1 heterocycles. The Kier molecular flexibility index (Phi) is 6.33. The molecule has 27 heavy (non-hydrogen) atoms. The van der Waals surface area contributed by atoms with E-state index in [4.69, 9.17) is 18.9 Å². The Morgan fingerprint density at radius 3 is 2.59 bits per heavy atom. The van der Waals surface area contributed by atoms with E-state index >= 15 is 0 Å². The molecule has 0 bridgehead atoms. The first-order valence-electron chi connectivity index (χ1n) is 8.69. The molecule has 142 valence electrons. The number of carbonyl (C=O) groups excluding carboxylic acids is 1. The van der Waals surface area contributed by atoms with Gasteiger partial charge in [0.1, 0.15) is 17.9 Å². The molecular formula is C21H23NO5.